The third-order valence-electron chi connectivity index (χ3n) is 3.23. The van der Waals surface area contributed by atoms with Gasteiger partial charge in [-0.3, -0.25) is 9.69 Å². The molecular formula is C14H19NO2S. The Hall–Kier alpha value is -1.00. The number of aliphatic carboxylic acids is 1. The lowest BCUT2D eigenvalue weighted by molar-refractivity contribution is -0.138. The zero-order valence-corrected chi connectivity index (χ0v) is 11.4. The van der Waals surface area contributed by atoms with Crippen LogP contribution in [0.25, 0.3) is 0 Å². The number of aryl methyl sites for hydroxylation is 1. The second-order valence-electron chi connectivity index (χ2n) is 4.79. The van der Waals surface area contributed by atoms with Gasteiger partial charge in [-0.05, 0) is 12.5 Å². The van der Waals surface area contributed by atoms with Gasteiger partial charge in [-0.1, -0.05) is 29.8 Å². The lowest BCUT2D eigenvalue weighted by Crippen LogP contribution is -2.42. The Bertz CT molecular complexity index is 422. The van der Waals surface area contributed by atoms with Crippen molar-refractivity contribution in [1.29, 1.82) is 0 Å². The van der Waals surface area contributed by atoms with Crippen molar-refractivity contribution in [2.45, 2.75) is 25.9 Å². The molecule has 4 heteroatoms. The van der Waals surface area contributed by atoms with Crippen molar-refractivity contribution < 1.29 is 9.90 Å². The van der Waals surface area contributed by atoms with E-state index in [4.69, 9.17) is 5.11 Å². The first-order valence-electron chi connectivity index (χ1n) is 6.24. The van der Waals surface area contributed by atoms with Crippen LogP contribution in [0.4, 0.5) is 0 Å². The van der Waals surface area contributed by atoms with Crippen LogP contribution in [0.15, 0.2) is 24.3 Å². The fourth-order valence-corrected chi connectivity index (χ4v) is 3.46. The molecule has 1 saturated heterocycles. The number of benzene rings is 1. The number of hydrogen-bond donors (Lipinski definition) is 1. The summed E-state index contributed by atoms with van der Waals surface area (Å²) >= 11 is 1.86. The number of carboxylic acid groups (broad SMARTS) is 1. The van der Waals surface area contributed by atoms with E-state index in [2.05, 4.69) is 36.1 Å². The molecule has 0 aromatic heterocycles. The Morgan fingerprint density at radius 3 is 3.11 bits per heavy atom. The molecule has 2 rings (SSSR count). The lowest BCUT2D eigenvalue weighted by atomic mass is 10.1. The van der Waals surface area contributed by atoms with Crippen molar-refractivity contribution in [3.8, 4) is 0 Å². The molecule has 1 aromatic rings. The summed E-state index contributed by atoms with van der Waals surface area (Å²) in [6, 6.07) is 8.62. The van der Waals surface area contributed by atoms with Crippen LogP contribution in [0.3, 0.4) is 0 Å². The van der Waals surface area contributed by atoms with Crippen LogP contribution in [0.1, 0.15) is 17.5 Å². The Morgan fingerprint density at radius 2 is 2.39 bits per heavy atom. The Labute approximate surface area is 112 Å². The number of thioether (sulfide) groups is 1. The van der Waals surface area contributed by atoms with Crippen LogP contribution in [-0.4, -0.2) is 40.1 Å². The molecule has 1 aliphatic heterocycles. The topological polar surface area (TPSA) is 40.5 Å². The van der Waals surface area contributed by atoms with Crippen LogP contribution in [0.2, 0.25) is 0 Å². The minimum absolute atomic E-state index is 0.168. The van der Waals surface area contributed by atoms with Crippen LogP contribution < -0.4 is 0 Å². The Kier molecular flexibility index (Phi) is 4.66. The third-order valence-corrected chi connectivity index (χ3v) is 4.32. The maximum absolute atomic E-state index is 10.9. The molecule has 0 aliphatic carbocycles. The summed E-state index contributed by atoms with van der Waals surface area (Å²) in [6.45, 7) is 3.93. The molecule has 1 fully saturated rings. The zero-order chi connectivity index (χ0) is 13.0. The summed E-state index contributed by atoms with van der Waals surface area (Å²) in [7, 11) is 0. The minimum atomic E-state index is -0.697. The van der Waals surface area contributed by atoms with E-state index in [9.17, 15) is 4.79 Å². The second kappa shape index (κ2) is 6.25. The van der Waals surface area contributed by atoms with Crippen LogP contribution in [-0.2, 0) is 11.3 Å². The molecule has 1 N–H and O–H groups in total. The van der Waals surface area contributed by atoms with Gasteiger partial charge in [0.15, 0.2) is 0 Å². The third kappa shape index (κ3) is 3.75. The van der Waals surface area contributed by atoms with E-state index < -0.39 is 5.97 Å². The molecule has 0 saturated carbocycles. The van der Waals surface area contributed by atoms with Crippen molar-refractivity contribution in [2.75, 3.05) is 18.1 Å². The monoisotopic (exact) mass is 265 g/mol. The van der Waals surface area contributed by atoms with Gasteiger partial charge in [-0.25, -0.2) is 0 Å². The van der Waals surface area contributed by atoms with Gasteiger partial charge in [-0.15, -0.1) is 0 Å². The van der Waals surface area contributed by atoms with E-state index in [1.165, 1.54) is 11.1 Å². The summed E-state index contributed by atoms with van der Waals surface area (Å²) in [4.78, 5) is 13.2. The molecule has 0 spiro atoms. The van der Waals surface area contributed by atoms with Crippen molar-refractivity contribution in [1.82, 2.24) is 4.90 Å². The standard InChI is InChI=1S/C14H19NO2S/c1-11-3-2-4-12(7-11)9-15-5-6-18-10-13(15)8-14(16)17/h2-4,7,13H,5-6,8-10H2,1H3,(H,16,17). The quantitative estimate of drug-likeness (QED) is 0.907. The first-order valence-corrected chi connectivity index (χ1v) is 7.40. The summed E-state index contributed by atoms with van der Waals surface area (Å²) < 4.78 is 0. The predicted octanol–water partition coefficient (Wildman–Crippen LogP) is 2.39. The van der Waals surface area contributed by atoms with Gasteiger partial charge in [0.05, 0.1) is 6.42 Å². The average Bonchev–Trinajstić information content (AvgIpc) is 2.31. The molecule has 18 heavy (non-hydrogen) atoms. The fraction of sp³-hybridized carbons (Fsp3) is 0.500. The van der Waals surface area contributed by atoms with E-state index in [0.717, 1.165) is 24.6 Å². The summed E-state index contributed by atoms with van der Waals surface area (Å²) in [5.74, 6) is 1.33. The minimum Gasteiger partial charge on any atom is -0.481 e. The fourth-order valence-electron chi connectivity index (χ4n) is 2.33. The molecule has 1 aromatic carbocycles. The van der Waals surface area contributed by atoms with Crippen molar-refractivity contribution in [2.24, 2.45) is 0 Å². The molecule has 0 radical (unpaired) electrons. The van der Waals surface area contributed by atoms with Gasteiger partial charge >= 0.3 is 5.97 Å². The molecule has 98 valence electrons. The largest absolute Gasteiger partial charge is 0.481 e. The number of rotatable bonds is 4. The molecule has 0 bridgehead atoms. The smallest absolute Gasteiger partial charge is 0.304 e. The Morgan fingerprint density at radius 1 is 1.56 bits per heavy atom. The van der Waals surface area contributed by atoms with E-state index in [-0.39, 0.29) is 12.5 Å². The second-order valence-corrected chi connectivity index (χ2v) is 5.94. The first-order chi connectivity index (χ1) is 8.65. The highest BCUT2D eigenvalue weighted by Crippen LogP contribution is 2.21. The van der Waals surface area contributed by atoms with E-state index in [1.807, 2.05) is 11.8 Å². The van der Waals surface area contributed by atoms with E-state index in [0.29, 0.717) is 0 Å². The zero-order valence-electron chi connectivity index (χ0n) is 10.6. The highest BCUT2D eigenvalue weighted by atomic mass is 32.2. The van der Waals surface area contributed by atoms with Gasteiger partial charge in [-0.2, -0.15) is 11.8 Å². The first kappa shape index (κ1) is 13.4. The van der Waals surface area contributed by atoms with Crippen LogP contribution >= 0.6 is 11.8 Å². The van der Waals surface area contributed by atoms with E-state index >= 15 is 0 Å². The normalized spacial score (nSPS) is 20.8. The van der Waals surface area contributed by atoms with Crippen LogP contribution in [0, 0.1) is 6.92 Å². The van der Waals surface area contributed by atoms with Crippen LogP contribution in [0.5, 0.6) is 0 Å². The number of nitrogens with zero attached hydrogens (tertiary/aromatic N) is 1. The average molecular weight is 265 g/mol. The van der Waals surface area contributed by atoms with Crippen molar-refractivity contribution in [3.05, 3.63) is 35.4 Å². The van der Waals surface area contributed by atoms with Gasteiger partial charge in [0.2, 0.25) is 0 Å². The lowest BCUT2D eigenvalue weighted by Gasteiger charge is -2.34. The maximum Gasteiger partial charge on any atom is 0.304 e. The Balaban J connectivity index is 2.03. The van der Waals surface area contributed by atoms with Gasteiger partial charge in [0.1, 0.15) is 0 Å². The van der Waals surface area contributed by atoms with Crippen molar-refractivity contribution in [3.63, 3.8) is 0 Å². The summed E-state index contributed by atoms with van der Waals surface area (Å²) in [6.07, 6.45) is 0.249. The highest BCUT2D eigenvalue weighted by Gasteiger charge is 2.24. The number of hydrogen-bond acceptors (Lipinski definition) is 3. The molecule has 3 nitrogen and oxygen atoms in total. The molecular weight excluding hydrogens is 246 g/mol. The summed E-state index contributed by atoms with van der Waals surface area (Å²) in [5.41, 5.74) is 2.53. The number of carboxylic acids is 1. The molecule has 1 aliphatic rings. The highest BCUT2D eigenvalue weighted by molar-refractivity contribution is 7.99. The number of carbonyl (C=O) groups is 1. The molecule has 0 amide bonds. The van der Waals surface area contributed by atoms with Crippen molar-refractivity contribution >= 4 is 17.7 Å². The SMILES string of the molecule is Cc1cccc(CN2CCSCC2CC(=O)O)c1. The van der Waals surface area contributed by atoms with E-state index in [1.54, 1.807) is 0 Å². The van der Waals surface area contributed by atoms with Gasteiger partial charge in [0, 0.05) is 30.6 Å². The molecule has 1 heterocycles. The molecule has 1 unspecified atom stereocenters. The van der Waals surface area contributed by atoms with Gasteiger partial charge < -0.3 is 5.11 Å². The van der Waals surface area contributed by atoms with Gasteiger partial charge in [0.25, 0.3) is 0 Å². The maximum atomic E-state index is 10.9. The molecule has 1 atom stereocenters. The summed E-state index contributed by atoms with van der Waals surface area (Å²) in [5, 5.41) is 8.96. The predicted molar refractivity (Wildman–Crippen MR) is 75.0 cm³/mol.